The molecule has 19 heavy (non-hydrogen) atoms. The second-order valence-corrected chi connectivity index (χ2v) is 5.07. The average molecular weight is 300 g/mol. The molecule has 1 aromatic rings. The van der Waals surface area contributed by atoms with Crippen LogP contribution in [0.15, 0.2) is 23.2 Å². The van der Waals surface area contributed by atoms with Crippen LogP contribution in [-0.4, -0.2) is 17.6 Å². The highest BCUT2D eigenvalue weighted by Gasteiger charge is 2.36. The Morgan fingerprint density at radius 3 is 2.68 bits per heavy atom. The van der Waals surface area contributed by atoms with Gasteiger partial charge in [0.05, 0.1) is 6.04 Å². The molecule has 7 heteroatoms. The molecule has 2 atom stereocenters. The van der Waals surface area contributed by atoms with Gasteiger partial charge in [-0.3, -0.25) is 4.79 Å². The predicted molar refractivity (Wildman–Crippen MR) is 73.5 cm³/mol. The van der Waals surface area contributed by atoms with E-state index in [0.29, 0.717) is 21.3 Å². The topological polar surface area (TPSA) is 84.6 Å². The van der Waals surface area contributed by atoms with E-state index in [1.54, 1.807) is 25.1 Å². The normalized spacial score (nSPS) is 22.7. The minimum absolute atomic E-state index is 0.360. The standard InChI is InChI=1S/C12H11Cl2N3O2/c1-5-9(11(15)18)10(17-12(19)16-5)7-3-2-6(13)4-8(7)14/h2-4,9-10H,1H3,(H2,15,18)(H,17,19). The number of hydrogen-bond donors (Lipinski definition) is 2. The monoisotopic (exact) mass is 299 g/mol. The maximum atomic E-state index is 11.6. The van der Waals surface area contributed by atoms with Gasteiger partial charge in [-0.2, -0.15) is 0 Å². The number of urea groups is 1. The molecule has 0 aliphatic carbocycles. The molecule has 5 nitrogen and oxygen atoms in total. The molecule has 1 aliphatic rings. The van der Waals surface area contributed by atoms with E-state index in [4.69, 9.17) is 28.9 Å². The summed E-state index contributed by atoms with van der Waals surface area (Å²) in [5.74, 6) is -1.30. The molecular weight excluding hydrogens is 289 g/mol. The van der Waals surface area contributed by atoms with Crippen molar-refractivity contribution >= 4 is 40.9 Å². The van der Waals surface area contributed by atoms with Crippen molar-refractivity contribution < 1.29 is 9.59 Å². The Labute approximate surface area is 119 Å². The van der Waals surface area contributed by atoms with Gasteiger partial charge in [0.2, 0.25) is 5.91 Å². The summed E-state index contributed by atoms with van der Waals surface area (Å²) in [6, 6.07) is 3.68. The summed E-state index contributed by atoms with van der Waals surface area (Å²) in [4.78, 5) is 26.7. The quantitative estimate of drug-likeness (QED) is 0.878. The van der Waals surface area contributed by atoms with E-state index in [-0.39, 0.29) is 0 Å². The van der Waals surface area contributed by atoms with Gasteiger partial charge in [-0.05, 0) is 24.6 Å². The summed E-state index contributed by atoms with van der Waals surface area (Å²) in [5.41, 5.74) is 6.32. The Kier molecular flexibility index (Phi) is 3.78. The number of hydrogen-bond acceptors (Lipinski definition) is 2. The zero-order valence-corrected chi connectivity index (χ0v) is 11.5. The van der Waals surface area contributed by atoms with Crippen molar-refractivity contribution in [3.05, 3.63) is 33.8 Å². The molecule has 0 saturated carbocycles. The number of carbonyl (C=O) groups is 2. The second-order valence-electron chi connectivity index (χ2n) is 4.23. The number of amides is 3. The summed E-state index contributed by atoms with van der Waals surface area (Å²) in [6.45, 7) is 1.59. The van der Waals surface area contributed by atoms with Crippen molar-refractivity contribution in [1.82, 2.24) is 5.32 Å². The van der Waals surface area contributed by atoms with Gasteiger partial charge in [0.25, 0.3) is 0 Å². The highest BCUT2D eigenvalue weighted by molar-refractivity contribution is 6.35. The first-order valence-corrected chi connectivity index (χ1v) is 6.25. The molecule has 3 N–H and O–H groups in total. The van der Waals surface area contributed by atoms with Crippen LogP contribution in [0.25, 0.3) is 0 Å². The Balaban J connectivity index is 2.49. The van der Waals surface area contributed by atoms with Gasteiger partial charge in [0.15, 0.2) is 0 Å². The molecular formula is C12H11Cl2N3O2. The van der Waals surface area contributed by atoms with Crippen LogP contribution in [0.4, 0.5) is 4.79 Å². The predicted octanol–water partition coefficient (Wildman–Crippen LogP) is 2.32. The highest BCUT2D eigenvalue weighted by atomic mass is 35.5. The van der Waals surface area contributed by atoms with Gasteiger partial charge in [-0.25, -0.2) is 9.79 Å². The van der Waals surface area contributed by atoms with E-state index < -0.39 is 23.9 Å². The maximum Gasteiger partial charge on any atom is 0.341 e. The molecule has 1 aromatic carbocycles. The van der Waals surface area contributed by atoms with E-state index in [1.165, 1.54) is 0 Å². The SMILES string of the molecule is CC1=NC(=O)NC(c2ccc(Cl)cc2Cl)C1C(N)=O. The number of carbonyl (C=O) groups excluding carboxylic acids is 2. The van der Waals surface area contributed by atoms with Gasteiger partial charge in [-0.1, -0.05) is 29.3 Å². The number of primary amides is 1. The molecule has 0 aromatic heterocycles. The molecule has 0 saturated heterocycles. The van der Waals surface area contributed by atoms with Gasteiger partial charge in [-0.15, -0.1) is 0 Å². The van der Waals surface area contributed by atoms with Crippen molar-refractivity contribution in [2.45, 2.75) is 13.0 Å². The third kappa shape index (κ3) is 2.72. The molecule has 2 unspecified atom stereocenters. The second kappa shape index (κ2) is 5.19. The molecule has 2 rings (SSSR count). The molecule has 1 aliphatic heterocycles. The van der Waals surface area contributed by atoms with Crippen molar-refractivity contribution in [3.8, 4) is 0 Å². The fourth-order valence-electron chi connectivity index (χ4n) is 2.10. The van der Waals surface area contributed by atoms with Crippen LogP contribution < -0.4 is 11.1 Å². The summed E-state index contributed by atoms with van der Waals surface area (Å²) in [7, 11) is 0. The zero-order valence-electron chi connectivity index (χ0n) is 9.98. The molecule has 100 valence electrons. The van der Waals surface area contributed by atoms with E-state index in [0.717, 1.165) is 0 Å². The maximum absolute atomic E-state index is 11.6. The number of nitrogens with one attached hydrogen (secondary N) is 1. The zero-order chi connectivity index (χ0) is 14.2. The fraction of sp³-hybridized carbons (Fsp3) is 0.250. The molecule has 0 spiro atoms. The van der Waals surface area contributed by atoms with Crippen LogP contribution in [0.3, 0.4) is 0 Å². The third-order valence-electron chi connectivity index (χ3n) is 2.94. The molecule has 0 radical (unpaired) electrons. The Bertz CT molecular complexity index is 586. The largest absolute Gasteiger partial charge is 0.369 e. The van der Waals surface area contributed by atoms with Gasteiger partial charge >= 0.3 is 6.03 Å². The van der Waals surface area contributed by atoms with Crippen LogP contribution in [0.5, 0.6) is 0 Å². The smallest absolute Gasteiger partial charge is 0.341 e. The number of nitrogens with two attached hydrogens (primary N) is 1. The van der Waals surface area contributed by atoms with Gasteiger partial charge in [0.1, 0.15) is 5.92 Å². The van der Waals surface area contributed by atoms with E-state index in [9.17, 15) is 9.59 Å². The number of nitrogens with zero attached hydrogens (tertiary/aromatic N) is 1. The minimum atomic E-state index is -0.726. The lowest BCUT2D eigenvalue weighted by atomic mass is 9.88. The summed E-state index contributed by atoms with van der Waals surface area (Å²) in [5, 5.41) is 3.43. The van der Waals surface area contributed by atoms with Crippen LogP contribution in [0.2, 0.25) is 10.0 Å². The first kappa shape index (κ1) is 13.8. The van der Waals surface area contributed by atoms with Crippen LogP contribution >= 0.6 is 23.2 Å². The van der Waals surface area contributed by atoms with Gasteiger partial charge in [0, 0.05) is 15.8 Å². The number of aliphatic imine (C=N–C) groups is 1. The third-order valence-corrected chi connectivity index (χ3v) is 3.51. The van der Waals surface area contributed by atoms with E-state index in [1.807, 2.05) is 0 Å². The average Bonchev–Trinajstić information content (AvgIpc) is 2.26. The fourth-order valence-corrected chi connectivity index (χ4v) is 2.63. The highest BCUT2D eigenvalue weighted by Crippen LogP contribution is 2.33. The molecule has 0 fully saturated rings. The van der Waals surface area contributed by atoms with E-state index in [2.05, 4.69) is 10.3 Å². The summed E-state index contributed by atoms with van der Waals surface area (Å²) >= 11 is 11.9. The molecule has 1 heterocycles. The number of halogens is 2. The van der Waals surface area contributed by atoms with Crippen molar-refractivity contribution in [3.63, 3.8) is 0 Å². The summed E-state index contributed by atoms with van der Waals surface area (Å²) < 4.78 is 0. The lowest BCUT2D eigenvalue weighted by Gasteiger charge is -2.29. The minimum Gasteiger partial charge on any atom is -0.369 e. The van der Waals surface area contributed by atoms with Crippen LogP contribution in [0, 0.1) is 5.92 Å². The van der Waals surface area contributed by atoms with Gasteiger partial charge < -0.3 is 11.1 Å². The van der Waals surface area contributed by atoms with Crippen molar-refractivity contribution in [2.24, 2.45) is 16.6 Å². The Morgan fingerprint density at radius 1 is 1.42 bits per heavy atom. The lowest BCUT2D eigenvalue weighted by Crippen LogP contribution is -2.46. The van der Waals surface area contributed by atoms with E-state index >= 15 is 0 Å². The summed E-state index contributed by atoms with van der Waals surface area (Å²) in [6.07, 6.45) is 0. The molecule has 3 amide bonds. The van der Waals surface area contributed by atoms with Crippen LogP contribution in [0.1, 0.15) is 18.5 Å². The molecule has 0 bridgehead atoms. The first-order chi connectivity index (χ1) is 8.90. The number of rotatable bonds is 2. The van der Waals surface area contributed by atoms with Crippen molar-refractivity contribution in [2.75, 3.05) is 0 Å². The lowest BCUT2D eigenvalue weighted by molar-refractivity contribution is -0.120. The first-order valence-electron chi connectivity index (χ1n) is 5.50. The Morgan fingerprint density at radius 2 is 2.11 bits per heavy atom. The Hall–Kier alpha value is -1.59. The van der Waals surface area contributed by atoms with Crippen LogP contribution in [-0.2, 0) is 4.79 Å². The number of benzene rings is 1. The van der Waals surface area contributed by atoms with Crippen molar-refractivity contribution in [1.29, 1.82) is 0 Å².